The molecule has 0 unspecified atom stereocenters. The summed E-state index contributed by atoms with van der Waals surface area (Å²) in [4.78, 5) is 10.1. The number of carbonyl (C=O) groups is 1. The average Bonchev–Trinajstić information content (AvgIpc) is 2.44. The number of hydrogen-bond acceptors (Lipinski definition) is 5. The van der Waals surface area contributed by atoms with Gasteiger partial charge in [-0.2, -0.15) is 20.8 Å². The van der Waals surface area contributed by atoms with Crippen LogP contribution < -0.4 is 4.74 Å². The fraction of sp³-hybridized carbons (Fsp3) is 0.619. The molecule has 1 aromatic carbocycles. The molecule has 0 saturated heterocycles. The summed E-state index contributed by atoms with van der Waals surface area (Å²) in [6.07, 6.45) is -0.500. The molecule has 0 fully saturated rings. The third-order valence-corrected chi connectivity index (χ3v) is 1.70. The van der Waals surface area contributed by atoms with Gasteiger partial charge in [-0.25, -0.2) is 4.79 Å². The zero-order chi connectivity index (χ0) is 23.3. The van der Waals surface area contributed by atoms with Crippen molar-refractivity contribution >= 4 is 21.9 Å². The quantitative estimate of drug-likeness (QED) is 0.343. The van der Waals surface area contributed by atoms with E-state index in [0.717, 1.165) is 4.47 Å². The number of aliphatic hydroxyl groups is 3. The zero-order valence-corrected chi connectivity index (χ0v) is 22.4. The second-order valence-corrected chi connectivity index (χ2v) is 7.83. The van der Waals surface area contributed by atoms with Crippen LogP contribution in [0.15, 0.2) is 28.7 Å². The van der Waals surface area contributed by atoms with Crippen LogP contribution in [0.4, 0.5) is 0 Å². The van der Waals surface area contributed by atoms with Gasteiger partial charge in [0.15, 0.2) is 6.61 Å². The second-order valence-electron chi connectivity index (χ2n) is 6.92. The summed E-state index contributed by atoms with van der Waals surface area (Å²) < 4.78 is 5.84. The number of ether oxygens (including phenoxy) is 1. The Morgan fingerprint density at radius 2 is 1.14 bits per heavy atom. The number of carboxylic acid groups (broad SMARTS) is 1. The van der Waals surface area contributed by atoms with Crippen molar-refractivity contribution in [3.05, 3.63) is 34.7 Å². The monoisotopic (exact) mass is 515 g/mol. The summed E-state index contributed by atoms with van der Waals surface area (Å²) in [6, 6.07) is 6.98. The van der Waals surface area contributed by atoms with E-state index < -0.39 is 5.97 Å². The molecular formula is C21H40BrO6Ti-. The van der Waals surface area contributed by atoms with E-state index >= 15 is 0 Å². The van der Waals surface area contributed by atoms with Gasteiger partial charge in [0, 0.05) is 44.5 Å². The van der Waals surface area contributed by atoms with Crippen LogP contribution in [-0.2, 0) is 26.5 Å². The summed E-state index contributed by atoms with van der Waals surface area (Å²) >= 11 is 3.25. The van der Waals surface area contributed by atoms with E-state index in [1.807, 2.05) is 0 Å². The van der Waals surface area contributed by atoms with E-state index in [2.05, 4.69) is 36.7 Å². The van der Waals surface area contributed by atoms with Gasteiger partial charge in [-0.15, -0.1) is 0 Å². The standard InChI is InChI=1S/C8H7BrO3.C4H9.3C3H8O.Ti/c9-6-1-3-7(4-2-6)12-5-8(10)11;1-4(2)3;3*1-3(2)4;/h1-4H,5H2,(H,10,11);1-3H3;3*3-4H,1-2H3;/q;-1;;;;. The molecule has 1 rings (SSSR count). The Bertz CT molecular complexity index is 402. The molecule has 0 aromatic heterocycles. The molecule has 0 bridgehead atoms. The minimum Gasteiger partial charge on any atom is -0.482 e. The maximum Gasteiger partial charge on any atom is 0.341 e. The molecule has 29 heavy (non-hydrogen) atoms. The van der Waals surface area contributed by atoms with E-state index in [9.17, 15) is 4.79 Å². The van der Waals surface area contributed by atoms with E-state index in [-0.39, 0.29) is 46.6 Å². The number of benzene rings is 1. The van der Waals surface area contributed by atoms with Crippen LogP contribution in [0.2, 0.25) is 0 Å². The van der Waals surface area contributed by atoms with Gasteiger partial charge >= 0.3 is 5.97 Å². The Kier molecular flexibility index (Phi) is 37.1. The Hall–Kier alpha value is -0.436. The van der Waals surface area contributed by atoms with E-state index in [4.69, 9.17) is 25.2 Å². The van der Waals surface area contributed by atoms with Crippen LogP contribution in [0.3, 0.4) is 0 Å². The number of aliphatic hydroxyl groups excluding tert-OH is 3. The first-order valence-electron chi connectivity index (χ1n) is 9.02. The van der Waals surface area contributed by atoms with Crippen LogP contribution in [0.25, 0.3) is 0 Å². The van der Waals surface area contributed by atoms with Crippen molar-refractivity contribution in [2.75, 3.05) is 6.61 Å². The number of halogens is 1. The molecule has 0 aliphatic carbocycles. The van der Waals surface area contributed by atoms with Crippen molar-refractivity contribution in [1.29, 1.82) is 0 Å². The van der Waals surface area contributed by atoms with E-state index in [1.54, 1.807) is 65.8 Å². The number of carboxylic acids is 1. The van der Waals surface area contributed by atoms with Crippen LogP contribution >= 0.6 is 15.9 Å². The first-order chi connectivity index (χ1) is 12.6. The molecular weight excluding hydrogens is 476 g/mol. The maximum absolute atomic E-state index is 10.1. The minimum atomic E-state index is -0.974. The first kappa shape index (κ1) is 39.1. The summed E-state index contributed by atoms with van der Waals surface area (Å²) in [7, 11) is 0. The van der Waals surface area contributed by atoms with Gasteiger partial charge in [0.2, 0.25) is 0 Å². The Balaban J connectivity index is -0.0000000949. The van der Waals surface area contributed by atoms with Gasteiger partial charge in [-0.3, -0.25) is 0 Å². The number of aliphatic carboxylic acids is 1. The van der Waals surface area contributed by atoms with Crippen LogP contribution in [0, 0.1) is 5.92 Å². The topological polar surface area (TPSA) is 107 Å². The smallest absolute Gasteiger partial charge is 0.341 e. The minimum absolute atomic E-state index is 0. The van der Waals surface area contributed by atoms with E-state index in [1.165, 1.54) is 5.92 Å². The molecule has 0 heterocycles. The fourth-order valence-corrected chi connectivity index (χ4v) is 0.940. The molecule has 4 N–H and O–H groups in total. The first-order valence-corrected chi connectivity index (χ1v) is 9.82. The molecule has 0 radical (unpaired) electrons. The van der Waals surface area contributed by atoms with Crippen molar-refractivity contribution in [3.63, 3.8) is 0 Å². The fourth-order valence-electron chi connectivity index (χ4n) is 0.676. The molecule has 0 spiro atoms. The molecule has 0 atom stereocenters. The number of hydrogen-bond donors (Lipinski definition) is 4. The zero-order valence-electron chi connectivity index (χ0n) is 19.2. The van der Waals surface area contributed by atoms with Crippen LogP contribution in [-0.4, -0.2) is 51.3 Å². The summed E-state index contributed by atoms with van der Waals surface area (Å²) in [5.41, 5.74) is 0. The van der Waals surface area contributed by atoms with Gasteiger partial charge in [0.1, 0.15) is 5.75 Å². The maximum atomic E-state index is 10.1. The summed E-state index contributed by atoms with van der Waals surface area (Å²) in [5, 5.41) is 32.5. The largest absolute Gasteiger partial charge is 0.482 e. The Morgan fingerprint density at radius 3 is 1.34 bits per heavy atom. The van der Waals surface area contributed by atoms with Crippen molar-refractivity contribution in [2.24, 2.45) is 0 Å². The molecule has 172 valence electrons. The van der Waals surface area contributed by atoms with Gasteiger partial charge in [0.05, 0.1) is 0 Å². The van der Waals surface area contributed by atoms with Crippen molar-refractivity contribution in [2.45, 2.75) is 80.6 Å². The second kappa shape index (κ2) is 27.6. The summed E-state index contributed by atoms with van der Waals surface area (Å²) in [5.74, 6) is 0.999. The Morgan fingerprint density at radius 1 is 0.897 bits per heavy atom. The average molecular weight is 516 g/mol. The van der Waals surface area contributed by atoms with Gasteiger partial charge in [-0.05, 0) is 65.8 Å². The third-order valence-electron chi connectivity index (χ3n) is 1.18. The SMILES string of the molecule is CC(C)O.CC(C)O.CC(C)O.C[C-](C)C.O=C(O)COc1ccc(Br)cc1.[Ti]. The third kappa shape index (κ3) is 84.9. The molecule has 0 saturated carbocycles. The molecule has 0 aliphatic heterocycles. The van der Waals surface area contributed by atoms with Gasteiger partial charge in [-0.1, -0.05) is 15.9 Å². The normalized spacial score (nSPS) is 8.86. The predicted octanol–water partition coefficient (Wildman–Crippen LogP) is 4.69. The van der Waals surface area contributed by atoms with Crippen molar-refractivity contribution in [3.8, 4) is 5.75 Å². The van der Waals surface area contributed by atoms with E-state index in [0.29, 0.717) is 5.75 Å². The molecule has 0 aliphatic rings. The van der Waals surface area contributed by atoms with Gasteiger partial charge < -0.3 is 31.1 Å². The predicted molar refractivity (Wildman–Crippen MR) is 120 cm³/mol. The van der Waals surface area contributed by atoms with Crippen molar-refractivity contribution in [1.82, 2.24) is 0 Å². The molecule has 6 nitrogen and oxygen atoms in total. The van der Waals surface area contributed by atoms with Crippen LogP contribution in [0.5, 0.6) is 5.75 Å². The number of rotatable bonds is 3. The Labute approximate surface area is 200 Å². The molecule has 0 amide bonds. The van der Waals surface area contributed by atoms with Crippen molar-refractivity contribution < 1.29 is 51.7 Å². The molecule has 8 heteroatoms. The van der Waals surface area contributed by atoms with Crippen LogP contribution in [0.1, 0.15) is 62.3 Å². The molecule has 1 aromatic rings. The van der Waals surface area contributed by atoms with Gasteiger partial charge in [0.25, 0.3) is 0 Å². The summed E-state index contributed by atoms with van der Waals surface area (Å²) in [6.45, 7) is 16.3.